The van der Waals surface area contributed by atoms with Gasteiger partial charge in [-0.2, -0.15) is 0 Å². The summed E-state index contributed by atoms with van der Waals surface area (Å²) in [5.41, 5.74) is 0. The Hall–Kier alpha value is -4.26. The number of thiol groups is 6. The monoisotopic (exact) mass is 790 g/mol. The first-order valence-corrected chi connectivity index (χ1v) is 12.2. The molecule has 0 aromatic heterocycles. The van der Waals surface area contributed by atoms with Crippen molar-refractivity contribution in [1.29, 1.82) is 0 Å². The van der Waals surface area contributed by atoms with E-state index < -0.39 is 68.7 Å². The van der Waals surface area contributed by atoms with Gasteiger partial charge in [-0.15, -0.1) is 0 Å². The quantitative estimate of drug-likeness (QED) is 0.0609. The molecule has 0 unspecified atom stereocenters. The van der Waals surface area contributed by atoms with Crippen molar-refractivity contribution in [3.05, 3.63) is 0 Å². The molecule has 30 heteroatoms. The number of carbonyl (C=O) groups excluding carboxylic acids is 6. The highest BCUT2D eigenvalue weighted by Gasteiger charge is 2.01. The van der Waals surface area contributed by atoms with Crippen molar-refractivity contribution >= 4 is 145 Å². The lowest BCUT2D eigenvalue weighted by atomic mass is 10.4. The molecule has 0 aliphatic heterocycles. The molecule has 24 nitrogen and oxygen atoms in total. The third kappa shape index (κ3) is 139. The molecule has 0 bridgehead atoms. The SMILES string of the molecule is CCCC.O=C(O)OC(=O)S.O=C(O)OC(=O)S.O=C(O)OC(=O)S.O=C(O)OC(=O)S.O=C(O)OC(=O)S.O=C(O)OC(=O)S. The number of unbranched alkanes of at least 4 members (excludes halogenated alkanes) is 1. The molecule has 0 aromatic carbocycles. The molecule has 0 fully saturated rings. The van der Waals surface area contributed by atoms with Gasteiger partial charge >= 0.3 is 68.7 Å². The molecule has 0 heterocycles. The van der Waals surface area contributed by atoms with Crippen molar-refractivity contribution < 1.29 is 117 Å². The zero-order valence-electron chi connectivity index (χ0n) is 22.1. The molecule has 6 N–H and O–H groups in total. The number of carboxylic acid groups (broad SMARTS) is 6. The fourth-order valence-electron chi connectivity index (χ4n) is 0.448. The first-order valence-electron chi connectivity index (χ1n) is 9.50. The maximum atomic E-state index is 9.52. The Morgan fingerprint density at radius 3 is 0.413 bits per heavy atom. The van der Waals surface area contributed by atoms with Crippen LogP contribution in [0.25, 0.3) is 0 Å². The number of hydrogen-bond acceptors (Lipinski definition) is 18. The van der Waals surface area contributed by atoms with Crippen LogP contribution in [0.5, 0.6) is 0 Å². The standard InChI is InChI=1S/C4H10.6C2H2O4S/c1-3-4-2;6*3-1(4)6-2(5)7/h3-4H2,1-2H3;6*(H,3,4)(H,5,7). The Morgan fingerprint density at radius 2 is 0.413 bits per heavy atom. The number of hydrogen-bond donors (Lipinski definition) is 12. The largest absolute Gasteiger partial charge is 0.514 e. The minimum atomic E-state index is -1.64. The van der Waals surface area contributed by atoms with Gasteiger partial charge in [0.15, 0.2) is 0 Å². The predicted octanol–water partition coefficient (Wildman–Crippen LogP) is 6.19. The van der Waals surface area contributed by atoms with Gasteiger partial charge in [-0.1, -0.05) is 102 Å². The smallest absolute Gasteiger partial charge is 0.449 e. The summed E-state index contributed by atoms with van der Waals surface area (Å²) in [5, 5.41) is 38.8. The average Bonchev–Trinajstić information content (AvgIpc) is 2.75. The molecule has 266 valence electrons. The van der Waals surface area contributed by atoms with Crippen LogP contribution in [0, 0.1) is 0 Å². The van der Waals surface area contributed by atoms with Gasteiger partial charge in [0.1, 0.15) is 0 Å². The summed E-state index contributed by atoms with van der Waals surface area (Å²) in [5.74, 6) is 0. The molecular formula is C16H22O24S6. The van der Waals surface area contributed by atoms with Gasteiger partial charge in [-0.3, -0.25) is 0 Å². The minimum Gasteiger partial charge on any atom is -0.449 e. The summed E-state index contributed by atoms with van der Waals surface area (Å²) in [4.78, 5) is 113. The van der Waals surface area contributed by atoms with Crippen molar-refractivity contribution in [2.75, 3.05) is 0 Å². The highest BCUT2D eigenvalue weighted by Crippen LogP contribution is 1.87. The van der Waals surface area contributed by atoms with Crippen LogP contribution in [0.3, 0.4) is 0 Å². The third-order valence-electron chi connectivity index (χ3n) is 1.55. The van der Waals surface area contributed by atoms with E-state index in [1.165, 1.54) is 12.8 Å². The van der Waals surface area contributed by atoms with E-state index in [0.29, 0.717) is 0 Å². The summed E-state index contributed by atoms with van der Waals surface area (Å²) in [6, 6.07) is 0. The van der Waals surface area contributed by atoms with E-state index in [4.69, 9.17) is 30.6 Å². The normalized spacial score (nSPS) is 7.57. The Bertz CT molecular complexity index is 752. The molecule has 0 saturated carbocycles. The summed E-state index contributed by atoms with van der Waals surface area (Å²) in [6.45, 7) is 4.36. The molecule has 0 saturated heterocycles. The summed E-state index contributed by atoms with van der Waals surface area (Å²) >= 11 is 18.0. The number of ether oxygens (including phenoxy) is 6. The molecule has 0 amide bonds. The van der Waals surface area contributed by atoms with Gasteiger partial charge in [-0.25, -0.2) is 57.5 Å². The van der Waals surface area contributed by atoms with Crippen molar-refractivity contribution in [2.45, 2.75) is 26.7 Å². The van der Waals surface area contributed by atoms with Crippen molar-refractivity contribution in [3.63, 3.8) is 0 Å². The number of rotatable bonds is 1. The topological polar surface area (TPSA) is 382 Å². The maximum absolute atomic E-state index is 9.52. The van der Waals surface area contributed by atoms with E-state index in [-0.39, 0.29) is 0 Å². The molecule has 0 rings (SSSR count). The van der Waals surface area contributed by atoms with E-state index >= 15 is 0 Å². The van der Waals surface area contributed by atoms with Gasteiger partial charge in [0.25, 0.3) is 0 Å². The summed E-state index contributed by atoms with van der Waals surface area (Å²) in [6.07, 6.45) is -7.19. The van der Waals surface area contributed by atoms with Crippen LogP contribution in [0.15, 0.2) is 0 Å². The Labute approximate surface area is 287 Å². The molecule has 0 radical (unpaired) electrons. The van der Waals surface area contributed by atoms with Gasteiger partial charge in [0.05, 0.1) is 0 Å². The lowest BCUT2D eigenvalue weighted by Gasteiger charge is -1.84. The van der Waals surface area contributed by atoms with E-state index in [9.17, 15) is 57.5 Å². The first kappa shape index (κ1) is 57.4. The minimum absolute atomic E-state index is 1.12. The Kier molecular flexibility index (Phi) is 50.8. The van der Waals surface area contributed by atoms with E-state index in [2.05, 4.69) is 118 Å². The van der Waals surface area contributed by atoms with Crippen molar-refractivity contribution in [1.82, 2.24) is 0 Å². The van der Waals surface area contributed by atoms with Crippen molar-refractivity contribution in [3.8, 4) is 0 Å². The second-order valence-electron chi connectivity index (χ2n) is 4.80. The fraction of sp³-hybridized carbons (Fsp3) is 0.250. The first-order chi connectivity index (χ1) is 20.7. The zero-order valence-corrected chi connectivity index (χ0v) is 27.5. The number of carbonyl (C=O) groups is 12. The third-order valence-corrected chi connectivity index (χ3v) is 2.10. The second-order valence-corrected chi connectivity index (χ2v) is 6.99. The van der Waals surface area contributed by atoms with Crippen LogP contribution in [-0.2, 0) is 28.4 Å². The molecule has 0 aliphatic carbocycles. The molecule has 0 aromatic rings. The summed E-state index contributed by atoms with van der Waals surface area (Å²) in [7, 11) is 0. The predicted molar refractivity (Wildman–Crippen MR) is 162 cm³/mol. The van der Waals surface area contributed by atoms with Gasteiger partial charge < -0.3 is 59.1 Å². The maximum Gasteiger partial charge on any atom is 0.514 e. The lowest BCUT2D eigenvalue weighted by Crippen LogP contribution is -2.00. The molecule has 0 aliphatic rings. The van der Waals surface area contributed by atoms with Crippen LogP contribution >= 0.6 is 75.8 Å². The van der Waals surface area contributed by atoms with Gasteiger partial charge in [0, 0.05) is 0 Å². The highest BCUT2D eigenvalue weighted by atomic mass is 32.1. The van der Waals surface area contributed by atoms with E-state index in [1.54, 1.807) is 0 Å². The van der Waals surface area contributed by atoms with Crippen LogP contribution in [0.2, 0.25) is 0 Å². The van der Waals surface area contributed by atoms with Gasteiger partial charge in [0.2, 0.25) is 0 Å². The van der Waals surface area contributed by atoms with E-state index in [0.717, 1.165) is 0 Å². The zero-order chi connectivity index (χ0) is 38.6. The molecule has 0 spiro atoms. The van der Waals surface area contributed by atoms with Crippen molar-refractivity contribution in [2.24, 2.45) is 0 Å². The van der Waals surface area contributed by atoms with Crippen LogP contribution in [0.1, 0.15) is 26.7 Å². The van der Waals surface area contributed by atoms with Gasteiger partial charge in [-0.05, 0) is 0 Å². The highest BCUT2D eigenvalue weighted by molar-refractivity contribution is 7.97. The molecule has 0 atom stereocenters. The lowest BCUT2D eigenvalue weighted by molar-refractivity contribution is 0.120. The molecular weight excluding hydrogens is 769 g/mol. The van der Waals surface area contributed by atoms with Crippen LogP contribution in [0.4, 0.5) is 57.5 Å². The average molecular weight is 791 g/mol. The van der Waals surface area contributed by atoms with Crippen LogP contribution < -0.4 is 0 Å². The fourth-order valence-corrected chi connectivity index (χ4v) is 0.917. The Balaban J connectivity index is -0.0000000776. The summed E-state index contributed by atoms with van der Waals surface area (Å²) < 4.78 is 20.4. The van der Waals surface area contributed by atoms with Crippen LogP contribution in [-0.4, -0.2) is 99.4 Å². The Morgan fingerprint density at radius 1 is 0.326 bits per heavy atom. The van der Waals surface area contributed by atoms with E-state index in [1.807, 2.05) is 0 Å². The second kappa shape index (κ2) is 40.7. The molecule has 46 heavy (non-hydrogen) atoms.